The Kier molecular flexibility index (Phi) is 3.77. The van der Waals surface area contributed by atoms with Gasteiger partial charge >= 0.3 is 0 Å². The van der Waals surface area contributed by atoms with E-state index >= 15 is 0 Å². The minimum atomic E-state index is -0.230. The number of anilines is 1. The fourth-order valence-electron chi connectivity index (χ4n) is 1.73. The Balaban J connectivity index is 1.74. The Hall–Kier alpha value is -2.49. The molecule has 102 valence electrons. The molecule has 0 saturated carbocycles. The molecular formula is C15H9N3OS2. The zero-order chi connectivity index (χ0) is 14.7. The van der Waals surface area contributed by atoms with Crippen LogP contribution in [-0.2, 0) is 0 Å². The summed E-state index contributed by atoms with van der Waals surface area (Å²) in [5, 5.41) is 16.0. The topological polar surface area (TPSA) is 65.8 Å². The van der Waals surface area contributed by atoms with E-state index in [2.05, 4.69) is 10.3 Å². The average Bonchev–Trinajstić information content (AvgIpc) is 3.18. The minimum Gasteiger partial charge on any atom is -0.298 e. The summed E-state index contributed by atoms with van der Waals surface area (Å²) in [7, 11) is 0. The smallest absolute Gasteiger partial charge is 0.257 e. The monoisotopic (exact) mass is 311 g/mol. The number of nitriles is 1. The third-order valence-corrected chi connectivity index (χ3v) is 4.42. The molecule has 0 bridgehead atoms. The summed E-state index contributed by atoms with van der Waals surface area (Å²) in [5.74, 6) is -0.230. The fourth-order valence-corrected chi connectivity index (χ4v) is 3.20. The van der Waals surface area contributed by atoms with Crippen molar-refractivity contribution in [2.45, 2.75) is 0 Å². The van der Waals surface area contributed by atoms with Crippen LogP contribution in [0, 0.1) is 11.3 Å². The van der Waals surface area contributed by atoms with Crippen molar-refractivity contribution in [3.8, 4) is 16.6 Å². The highest BCUT2D eigenvalue weighted by Crippen LogP contribution is 2.28. The zero-order valence-electron chi connectivity index (χ0n) is 10.7. The highest BCUT2D eigenvalue weighted by Gasteiger charge is 2.10. The molecule has 0 saturated heterocycles. The molecule has 0 fully saturated rings. The standard InChI is InChI=1S/C15H9N3OS2/c16-8-10-3-5-11(6-4-10)14(19)18-15-17-12(9-21-15)13-2-1-7-20-13/h1-7,9H,(H,17,18,19). The predicted molar refractivity (Wildman–Crippen MR) is 84.5 cm³/mol. The quantitative estimate of drug-likeness (QED) is 0.795. The Morgan fingerprint density at radius 1 is 1.19 bits per heavy atom. The second kappa shape index (κ2) is 5.87. The molecular weight excluding hydrogens is 302 g/mol. The molecule has 1 N–H and O–H groups in total. The number of amides is 1. The Labute approximate surface area is 129 Å². The predicted octanol–water partition coefficient (Wildman–Crippen LogP) is 4.00. The van der Waals surface area contributed by atoms with E-state index < -0.39 is 0 Å². The lowest BCUT2D eigenvalue weighted by atomic mass is 10.1. The first kappa shape index (κ1) is 13.5. The van der Waals surface area contributed by atoms with E-state index in [4.69, 9.17) is 5.26 Å². The van der Waals surface area contributed by atoms with Crippen LogP contribution >= 0.6 is 22.7 Å². The van der Waals surface area contributed by atoms with E-state index in [9.17, 15) is 4.79 Å². The van der Waals surface area contributed by atoms with E-state index in [-0.39, 0.29) is 5.91 Å². The Bertz CT molecular complexity index is 798. The van der Waals surface area contributed by atoms with Crippen LogP contribution in [0.15, 0.2) is 47.2 Å². The molecule has 0 aliphatic carbocycles. The van der Waals surface area contributed by atoms with Gasteiger partial charge in [0.2, 0.25) is 0 Å². The van der Waals surface area contributed by atoms with E-state index in [0.29, 0.717) is 16.3 Å². The number of rotatable bonds is 3. The summed E-state index contributed by atoms with van der Waals surface area (Å²) in [6.45, 7) is 0. The van der Waals surface area contributed by atoms with Crippen LogP contribution in [0.5, 0.6) is 0 Å². The lowest BCUT2D eigenvalue weighted by molar-refractivity contribution is 0.102. The molecule has 6 heteroatoms. The molecule has 0 radical (unpaired) electrons. The number of nitrogens with zero attached hydrogens (tertiary/aromatic N) is 2. The summed E-state index contributed by atoms with van der Waals surface area (Å²) in [5.41, 5.74) is 1.90. The Morgan fingerprint density at radius 2 is 2.00 bits per heavy atom. The molecule has 0 aliphatic heterocycles. The van der Waals surface area contributed by atoms with Gasteiger partial charge in [0.1, 0.15) is 0 Å². The third kappa shape index (κ3) is 2.99. The van der Waals surface area contributed by atoms with Crippen molar-refractivity contribution in [1.29, 1.82) is 5.26 Å². The van der Waals surface area contributed by atoms with Gasteiger partial charge in [-0.15, -0.1) is 22.7 Å². The lowest BCUT2D eigenvalue weighted by Crippen LogP contribution is -2.11. The van der Waals surface area contributed by atoms with Gasteiger partial charge in [-0.1, -0.05) is 6.07 Å². The van der Waals surface area contributed by atoms with E-state index in [1.807, 2.05) is 29.0 Å². The average molecular weight is 311 g/mol. The number of nitrogens with one attached hydrogen (secondary N) is 1. The van der Waals surface area contributed by atoms with Crippen LogP contribution in [0.3, 0.4) is 0 Å². The second-order valence-electron chi connectivity index (χ2n) is 4.16. The van der Waals surface area contributed by atoms with Gasteiger partial charge in [-0.2, -0.15) is 5.26 Å². The molecule has 0 atom stereocenters. The Morgan fingerprint density at radius 3 is 2.67 bits per heavy atom. The van der Waals surface area contributed by atoms with Gasteiger partial charge in [-0.3, -0.25) is 10.1 Å². The maximum Gasteiger partial charge on any atom is 0.257 e. The van der Waals surface area contributed by atoms with Gasteiger partial charge in [-0.25, -0.2) is 4.98 Å². The van der Waals surface area contributed by atoms with Crippen LogP contribution in [-0.4, -0.2) is 10.9 Å². The molecule has 2 aromatic heterocycles. The number of carbonyl (C=O) groups excluding carboxylic acids is 1. The molecule has 0 unspecified atom stereocenters. The van der Waals surface area contributed by atoms with Crippen LogP contribution in [0.1, 0.15) is 15.9 Å². The van der Waals surface area contributed by atoms with Crippen LogP contribution in [0.4, 0.5) is 5.13 Å². The molecule has 4 nitrogen and oxygen atoms in total. The van der Waals surface area contributed by atoms with Gasteiger partial charge in [0.05, 0.1) is 22.2 Å². The first-order valence-electron chi connectivity index (χ1n) is 6.07. The van der Waals surface area contributed by atoms with Crippen molar-refractivity contribution < 1.29 is 4.79 Å². The summed E-state index contributed by atoms with van der Waals surface area (Å²) in [6, 6.07) is 12.5. The SMILES string of the molecule is N#Cc1ccc(C(=O)Nc2nc(-c3cccs3)cs2)cc1. The molecule has 3 aromatic rings. The van der Waals surface area contributed by atoms with E-state index in [0.717, 1.165) is 10.6 Å². The number of thiazole rings is 1. The first-order chi connectivity index (χ1) is 10.3. The van der Waals surface area contributed by atoms with Crippen LogP contribution in [0.25, 0.3) is 10.6 Å². The van der Waals surface area contributed by atoms with Crippen molar-refractivity contribution in [3.05, 3.63) is 58.3 Å². The number of benzene rings is 1. The highest BCUT2D eigenvalue weighted by atomic mass is 32.1. The normalized spacial score (nSPS) is 10.0. The second-order valence-corrected chi connectivity index (χ2v) is 5.96. The maximum absolute atomic E-state index is 12.1. The zero-order valence-corrected chi connectivity index (χ0v) is 12.4. The molecule has 2 heterocycles. The van der Waals surface area contributed by atoms with Gasteiger partial charge in [0.25, 0.3) is 5.91 Å². The van der Waals surface area contributed by atoms with Gasteiger partial charge in [0.15, 0.2) is 5.13 Å². The molecule has 1 aromatic carbocycles. The largest absolute Gasteiger partial charge is 0.298 e. The minimum absolute atomic E-state index is 0.230. The summed E-state index contributed by atoms with van der Waals surface area (Å²) >= 11 is 3.00. The molecule has 0 aliphatic rings. The fraction of sp³-hybridized carbons (Fsp3) is 0. The molecule has 0 spiro atoms. The van der Waals surface area contributed by atoms with Crippen molar-refractivity contribution in [3.63, 3.8) is 0 Å². The van der Waals surface area contributed by atoms with Gasteiger partial charge in [0, 0.05) is 10.9 Å². The van der Waals surface area contributed by atoms with Crippen LogP contribution < -0.4 is 5.32 Å². The summed E-state index contributed by atoms with van der Waals surface area (Å²) < 4.78 is 0. The molecule has 3 rings (SSSR count). The summed E-state index contributed by atoms with van der Waals surface area (Å²) in [4.78, 5) is 17.6. The van der Waals surface area contributed by atoms with Gasteiger partial charge < -0.3 is 0 Å². The number of hydrogen-bond donors (Lipinski definition) is 1. The molecule has 1 amide bonds. The highest BCUT2D eigenvalue weighted by molar-refractivity contribution is 7.16. The van der Waals surface area contributed by atoms with E-state index in [1.165, 1.54) is 11.3 Å². The lowest BCUT2D eigenvalue weighted by Gasteiger charge is -2.01. The van der Waals surface area contributed by atoms with Crippen molar-refractivity contribution in [2.75, 3.05) is 5.32 Å². The maximum atomic E-state index is 12.1. The third-order valence-electron chi connectivity index (χ3n) is 2.77. The van der Waals surface area contributed by atoms with Gasteiger partial charge in [-0.05, 0) is 35.7 Å². The number of hydrogen-bond acceptors (Lipinski definition) is 5. The van der Waals surface area contributed by atoms with Crippen molar-refractivity contribution in [2.24, 2.45) is 0 Å². The van der Waals surface area contributed by atoms with Crippen molar-refractivity contribution in [1.82, 2.24) is 4.98 Å². The van der Waals surface area contributed by atoms with Crippen molar-refractivity contribution >= 4 is 33.7 Å². The van der Waals surface area contributed by atoms with E-state index in [1.54, 1.807) is 35.6 Å². The number of carbonyl (C=O) groups is 1. The summed E-state index contributed by atoms with van der Waals surface area (Å²) in [6.07, 6.45) is 0. The number of aromatic nitrogens is 1. The number of thiophene rings is 1. The first-order valence-corrected chi connectivity index (χ1v) is 7.83. The molecule has 21 heavy (non-hydrogen) atoms. The van der Waals surface area contributed by atoms with Crippen LogP contribution in [0.2, 0.25) is 0 Å².